The summed E-state index contributed by atoms with van der Waals surface area (Å²) in [5.74, 6) is 0.513. The molecule has 1 heterocycles. The first-order valence-electron chi connectivity index (χ1n) is 10.3. The number of carbonyl (C=O) groups is 1. The molecule has 3 aromatic carbocycles. The molecule has 0 unspecified atom stereocenters. The second-order valence-corrected chi connectivity index (χ2v) is 7.29. The maximum absolute atomic E-state index is 9.00. The molecular weight excluding hydrogens is 471 g/mol. The predicted octanol–water partition coefficient (Wildman–Crippen LogP) is 6.91. The highest BCUT2D eigenvalue weighted by Crippen LogP contribution is 2.30. The van der Waals surface area contributed by atoms with Crippen molar-refractivity contribution in [3.63, 3.8) is 0 Å². The summed E-state index contributed by atoms with van der Waals surface area (Å²) in [4.78, 5) is 13.7. The molecule has 0 saturated heterocycles. The molecule has 0 aliphatic rings. The molecule has 0 spiro atoms. The Hall–Kier alpha value is -3.38. The van der Waals surface area contributed by atoms with Crippen LogP contribution in [0, 0.1) is 6.92 Å². The molecule has 0 atom stereocenters. The van der Waals surface area contributed by atoms with Crippen LogP contribution in [0.25, 0.3) is 22.4 Å². The third kappa shape index (κ3) is 8.52. The number of rotatable bonds is 5. The van der Waals surface area contributed by atoms with Gasteiger partial charge in [0.15, 0.2) is 0 Å². The smallest absolute Gasteiger partial charge is 0.300 e. The highest BCUT2D eigenvalue weighted by molar-refractivity contribution is 5.85. The highest BCUT2D eigenvalue weighted by atomic mass is 35.5. The van der Waals surface area contributed by atoms with Crippen molar-refractivity contribution in [2.24, 2.45) is 5.73 Å². The second kappa shape index (κ2) is 14.0. The lowest BCUT2D eigenvalue weighted by Crippen LogP contribution is -1.96. The van der Waals surface area contributed by atoms with Gasteiger partial charge < -0.3 is 15.6 Å². The molecule has 0 aliphatic carbocycles. The van der Waals surface area contributed by atoms with Crippen molar-refractivity contribution in [2.45, 2.75) is 20.4 Å². The van der Waals surface area contributed by atoms with Crippen LogP contribution in [0.3, 0.4) is 0 Å². The lowest BCUT2D eigenvalue weighted by atomic mass is 10.0. The van der Waals surface area contributed by atoms with E-state index in [4.69, 9.17) is 20.4 Å². The Kier molecular flexibility index (Phi) is 11.8. The molecule has 1 aromatic heterocycles. The third-order valence-corrected chi connectivity index (χ3v) is 4.56. The maximum atomic E-state index is 9.00. The first kappa shape index (κ1) is 28.7. The Morgan fingerprint density at radius 2 is 1.50 bits per heavy atom. The fourth-order valence-electron chi connectivity index (χ4n) is 3.21. The Morgan fingerprint density at radius 1 is 0.853 bits per heavy atom. The van der Waals surface area contributed by atoms with E-state index in [2.05, 4.69) is 30.1 Å². The van der Waals surface area contributed by atoms with Gasteiger partial charge in [0.05, 0.1) is 5.69 Å². The molecule has 0 amide bonds. The standard InChI is InChI=1S/C25H22N2O.C2H4O2.2ClH/c1-18-13-22(21-10-5-7-19(15-21)17-26)16-23(14-18)28-25-12-6-11-24(27-25)20-8-3-2-4-9-20;1-2(3)4;;/h2-16H,17,26H2,1H3;1H3,(H,3,4);2*1H. The third-order valence-electron chi connectivity index (χ3n) is 4.56. The van der Waals surface area contributed by atoms with Gasteiger partial charge in [-0.1, -0.05) is 60.7 Å². The lowest BCUT2D eigenvalue weighted by molar-refractivity contribution is -0.134. The number of benzene rings is 3. The van der Waals surface area contributed by atoms with Gasteiger partial charge in [-0.05, 0) is 53.4 Å². The average Bonchev–Trinajstić information content (AvgIpc) is 2.79. The Labute approximate surface area is 212 Å². The fraction of sp³-hybridized carbons (Fsp3) is 0.111. The first-order chi connectivity index (χ1) is 15.4. The molecule has 0 radical (unpaired) electrons. The van der Waals surface area contributed by atoms with Crippen molar-refractivity contribution < 1.29 is 14.6 Å². The molecule has 34 heavy (non-hydrogen) atoms. The van der Waals surface area contributed by atoms with Gasteiger partial charge in [0.2, 0.25) is 5.88 Å². The van der Waals surface area contributed by atoms with Crippen molar-refractivity contribution in [3.8, 4) is 34.0 Å². The SMILES string of the molecule is CC(=O)O.Cc1cc(Oc2cccc(-c3ccccc3)n2)cc(-c2cccc(CN)c2)c1.Cl.Cl. The van der Waals surface area contributed by atoms with E-state index in [0.717, 1.165) is 46.2 Å². The molecule has 0 fully saturated rings. The Balaban J connectivity index is 0.000000895. The number of nitrogens with zero attached hydrogens (tertiary/aromatic N) is 1. The minimum absolute atomic E-state index is 0. The van der Waals surface area contributed by atoms with Crippen LogP contribution in [0.5, 0.6) is 11.6 Å². The largest absolute Gasteiger partial charge is 0.481 e. The number of hydrogen-bond acceptors (Lipinski definition) is 4. The summed E-state index contributed by atoms with van der Waals surface area (Å²) < 4.78 is 6.10. The number of nitrogens with two attached hydrogens (primary N) is 1. The zero-order valence-electron chi connectivity index (χ0n) is 19.0. The van der Waals surface area contributed by atoms with Gasteiger partial charge in [-0.15, -0.1) is 24.8 Å². The van der Waals surface area contributed by atoms with Crippen LogP contribution in [-0.2, 0) is 11.3 Å². The van der Waals surface area contributed by atoms with Crippen molar-refractivity contribution >= 4 is 30.8 Å². The normalized spacial score (nSPS) is 9.50. The Morgan fingerprint density at radius 3 is 2.18 bits per heavy atom. The topological polar surface area (TPSA) is 85.4 Å². The van der Waals surface area contributed by atoms with E-state index in [9.17, 15) is 0 Å². The van der Waals surface area contributed by atoms with E-state index in [-0.39, 0.29) is 24.8 Å². The van der Waals surface area contributed by atoms with E-state index in [1.54, 1.807) is 0 Å². The summed E-state index contributed by atoms with van der Waals surface area (Å²) in [6, 6.07) is 30.4. The molecule has 0 aliphatic heterocycles. The average molecular weight is 499 g/mol. The molecule has 178 valence electrons. The van der Waals surface area contributed by atoms with Crippen LogP contribution in [0.15, 0.2) is 91.0 Å². The summed E-state index contributed by atoms with van der Waals surface area (Å²) in [6.45, 7) is 3.68. The van der Waals surface area contributed by atoms with Crippen LogP contribution in [0.4, 0.5) is 0 Å². The van der Waals surface area contributed by atoms with Gasteiger partial charge in [-0.3, -0.25) is 4.79 Å². The number of pyridine rings is 1. The Bertz CT molecular complexity index is 1200. The number of aryl methyl sites for hydroxylation is 1. The van der Waals surface area contributed by atoms with Crippen LogP contribution < -0.4 is 10.5 Å². The van der Waals surface area contributed by atoms with Crippen molar-refractivity contribution in [3.05, 3.63) is 102 Å². The van der Waals surface area contributed by atoms with Crippen molar-refractivity contribution in [1.29, 1.82) is 0 Å². The minimum Gasteiger partial charge on any atom is -0.481 e. The van der Waals surface area contributed by atoms with E-state index in [1.165, 1.54) is 0 Å². The van der Waals surface area contributed by atoms with Gasteiger partial charge in [0.25, 0.3) is 5.97 Å². The number of aromatic nitrogens is 1. The number of halogens is 2. The first-order valence-corrected chi connectivity index (χ1v) is 10.3. The highest BCUT2D eigenvalue weighted by Gasteiger charge is 2.07. The van der Waals surface area contributed by atoms with Crippen LogP contribution >= 0.6 is 24.8 Å². The molecule has 4 aromatic rings. The number of aliphatic carboxylic acids is 1. The van der Waals surface area contributed by atoms with Gasteiger partial charge in [-0.2, -0.15) is 0 Å². The number of ether oxygens (including phenoxy) is 1. The number of carboxylic acids is 1. The van der Waals surface area contributed by atoms with Gasteiger partial charge in [0.1, 0.15) is 5.75 Å². The number of carboxylic acid groups (broad SMARTS) is 1. The monoisotopic (exact) mass is 498 g/mol. The van der Waals surface area contributed by atoms with E-state index < -0.39 is 5.97 Å². The van der Waals surface area contributed by atoms with Crippen LogP contribution in [0.1, 0.15) is 18.1 Å². The van der Waals surface area contributed by atoms with Gasteiger partial charge >= 0.3 is 0 Å². The maximum Gasteiger partial charge on any atom is 0.300 e. The summed E-state index contributed by atoms with van der Waals surface area (Å²) >= 11 is 0. The molecule has 0 bridgehead atoms. The molecule has 0 saturated carbocycles. The minimum atomic E-state index is -0.833. The summed E-state index contributed by atoms with van der Waals surface area (Å²) in [5, 5.41) is 7.42. The summed E-state index contributed by atoms with van der Waals surface area (Å²) in [5.41, 5.74) is 12.2. The number of hydrogen-bond donors (Lipinski definition) is 2. The van der Waals surface area contributed by atoms with Crippen molar-refractivity contribution in [1.82, 2.24) is 4.98 Å². The van der Waals surface area contributed by atoms with E-state index in [1.807, 2.05) is 72.8 Å². The quantitative estimate of drug-likeness (QED) is 0.312. The zero-order valence-corrected chi connectivity index (χ0v) is 20.6. The van der Waals surface area contributed by atoms with Crippen LogP contribution in [-0.4, -0.2) is 16.1 Å². The zero-order chi connectivity index (χ0) is 22.9. The van der Waals surface area contributed by atoms with Crippen molar-refractivity contribution in [2.75, 3.05) is 0 Å². The van der Waals surface area contributed by atoms with Crippen LogP contribution in [0.2, 0.25) is 0 Å². The molecule has 7 heteroatoms. The second-order valence-electron chi connectivity index (χ2n) is 7.29. The van der Waals surface area contributed by atoms with Gasteiger partial charge in [0, 0.05) is 25.1 Å². The summed E-state index contributed by atoms with van der Waals surface area (Å²) in [6.07, 6.45) is 0. The molecule has 4 rings (SSSR count). The molecule has 5 nitrogen and oxygen atoms in total. The molecule has 3 N–H and O–H groups in total. The molecular formula is C27H28Cl2N2O3. The summed E-state index contributed by atoms with van der Waals surface area (Å²) in [7, 11) is 0. The van der Waals surface area contributed by atoms with E-state index >= 15 is 0 Å². The fourth-order valence-corrected chi connectivity index (χ4v) is 3.21. The van der Waals surface area contributed by atoms with Gasteiger partial charge in [-0.25, -0.2) is 4.98 Å². The lowest BCUT2D eigenvalue weighted by Gasteiger charge is -2.11. The predicted molar refractivity (Wildman–Crippen MR) is 142 cm³/mol. The van der Waals surface area contributed by atoms with E-state index in [0.29, 0.717) is 12.4 Å².